The lowest BCUT2D eigenvalue weighted by Crippen LogP contribution is -2.03. The van der Waals surface area contributed by atoms with Crippen molar-refractivity contribution in [1.29, 1.82) is 0 Å². The van der Waals surface area contributed by atoms with E-state index >= 15 is 0 Å². The molecule has 0 amide bonds. The highest BCUT2D eigenvalue weighted by molar-refractivity contribution is 5.14. The van der Waals surface area contributed by atoms with Crippen molar-refractivity contribution in [2.75, 3.05) is 0 Å². The van der Waals surface area contributed by atoms with Gasteiger partial charge < -0.3 is 5.11 Å². The molecule has 0 bridgehead atoms. The molecule has 0 unspecified atom stereocenters. The molecular formula is C18H30O. The van der Waals surface area contributed by atoms with Crippen molar-refractivity contribution in [2.24, 2.45) is 0 Å². The fourth-order valence-electron chi connectivity index (χ4n) is 2.44. The third-order valence-electron chi connectivity index (χ3n) is 3.82. The first-order chi connectivity index (χ1) is 9.33. The highest BCUT2D eigenvalue weighted by Crippen LogP contribution is 2.12. The lowest BCUT2D eigenvalue weighted by atomic mass is 10.0. The third kappa shape index (κ3) is 8.83. The van der Waals surface area contributed by atoms with Gasteiger partial charge in [0.25, 0.3) is 0 Å². The highest BCUT2D eigenvalue weighted by Gasteiger charge is 1.99. The molecule has 0 radical (unpaired) electrons. The Bertz CT molecular complexity index is 294. The van der Waals surface area contributed by atoms with Gasteiger partial charge in [-0.15, -0.1) is 0 Å². The fourth-order valence-corrected chi connectivity index (χ4v) is 2.44. The number of unbranched alkanes of at least 4 members (excludes halogenated alkanes) is 6. The molecule has 0 aliphatic carbocycles. The Morgan fingerprint density at radius 1 is 0.842 bits per heavy atom. The molecule has 19 heavy (non-hydrogen) atoms. The van der Waals surface area contributed by atoms with E-state index < -0.39 is 0 Å². The molecule has 0 fully saturated rings. The predicted molar refractivity (Wildman–Crippen MR) is 83.4 cm³/mol. The zero-order chi connectivity index (χ0) is 13.8. The van der Waals surface area contributed by atoms with Crippen molar-refractivity contribution in [3.8, 4) is 0 Å². The number of aliphatic hydroxyl groups is 1. The maximum absolute atomic E-state index is 9.44. The lowest BCUT2D eigenvalue weighted by Gasteiger charge is -2.06. The smallest absolute Gasteiger partial charge is 0.0537 e. The van der Waals surface area contributed by atoms with Gasteiger partial charge in [0, 0.05) is 0 Å². The summed E-state index contributed by atoms with van der Waals surface area (Å²) in [6, 6.07) is 10.8. The SMILES string of the molecule is CC[C@H](O)CCCCCCCCCc1ccccc1. The fraction of sp³-hybridized carbons (Fsp3) is 0.667. The van der Waals surface area contributed by atoms with Crippen LogP contribution < -0.4 is 0 Å². The lowest BCUT2D eigenvalue weighted by molar-refractivity contribution is 0.156. The average molecular weight is 262 g/mol. The molecule has 0 aromatic heterocycles. The summed E-state index contributed by atoms with van der Waals surface area (Å²) in [6.45, 7) is 2.05. The van der Waals surface area contributed by atoms with Crippen LogP contribution in [-0.4, -0.2) is 11.2 Å². The van der Waals surface area contributed by atoms with Crippen LogP contribution in [0.2, 0.25) is 0 Å². The van der Waals surface area contributed by atoms with E-state index in [0.29, 0.717) is 0 Å². The number of aryl methyl sites for hydroxylation is 1. The van der Waals surface area contributed by atoms with E-state index in [0.717, 1.165) is 12.8 Å². The Labute approximate surface area is 119 Å². The minimum atomic E-state index is -0.0640. The van der Waals surface area contributed by atoms with Crippen LogP contribution in [0.4, 0.5) is 0 Å². The Morgan fingerprint density at radius 3 is 2.05 bits per heavy atom. The molecular weight excluding hydrogens is 232 g/mol. The van der Waals surface area contributed by atoms with E-state index in [-0.39, 0.29) is 6.10 Å². The maximum atomic E-state index is 9.44. The summed E-state index contributed by atoms with van der Waals surface area (Å²) >= 11 is 0. The van der Waals surface area contributed by atoms with Crippen LogP contribution in [0, 0.1) is 0 Å². The molecule has 1 N–H and O–H groups in total. The largest absolute Gasteiger partial charge is 0.393 e. The predicted octanol–water partition coefficient (Wildman–Crippen LogP) is 5.12. The summed E-state index contributed by atoms with van der Waals surface area (Å²) in [4.78, 5) is 0. The van der Waals surface area contributed by atoms with Crippen molar-refractivity contribution in [1.82, 2.24) is 0 Å². The van der Waals surface area contributed by atoms with Gasteiger partial charge in [0.2, 0.25) is 0 Å². The molecule has 0 aliphatic rings. The van der Waals surface area contributed by atoms with Crippen LogP contribution in [-0.2, 0) is 6.42 Å². The van der Waals surface area contributed by atoms with Gasteiger partial charge in [0.05, 0.1) is 6.10 Å². The molecule has 0 heterocycles. The van der Waals surface area contributed by atoms with Gasteiger partial charge in [0.1, 0.15) is 0 Å². The van der Waals surface area contributed by atoms with Crippen molar-refractivity contribution in [3.63, 3.8) is 0 Å². The number of benzene rings is 1. The number of rotatable bonds is 11. The summed E-state index contributed by atoms with van der Waals surface area (Å²) in [5.74, 6) is 0. The van der Waals surface area contributed by atoms with Crippen molar-refractivity contribution >= 4 is 0 Å². The first kappa shape index (κ1) is 16.2. The van der Waals surface area contributed by atoms with Gasteiger partial charge in [-0.1, -0.05) is 75.8 Å². The summed E-state index contributed by atoms with van der Waals surface area (Å²) in [5.41, 5.74) is 1.47. The zero-order valence-electron chi connectivity index (χ0n) is 12.5. The van der Waals surface area contributed by atoms with Gasteiger partial charge in [-0.05, 0) is 31.2 Å². The molecule has 1 nitrogen and oxygen atoms in total. The second-order valence-corrected chi connectivity index (χ2v) is 5.56. The van der Waals surface area contributed by atoms with Crippen LogP contribution in [0.3, 0.4) is 0 Å². The molecule has 1 heteroatoms. The minimum Gasteiger partial charge on any atom is -0.393 e. The summed E-state index contributed by atoms with van der Waals surface area (Å²) in [7, 11) is 0. The van der Waals surface area contributed by atoms with Crippen LogP contribution >= 0.6 is 0 Å². The third-order valence-corrected chi connectivity index (χ3v) is 3.82. The van der Waals surface area contributed by atoms with Crippen LogP contribution in [0.1, 0.15) is 70.3 Å². The molecule has 0 saturated heterocycles. The second kappa shape index (κ2) is 11.0. The normalized spacial score (nSPS) is 12.5. The molecule has 1 atom stereocenters. The summed E-state index contributed by atoms with van der Waals surface area (Å²) in [6.07, 6.45) is 12.3. The van der Waals surface area contributed by atoms with Gasteiger partial charge in [-0.2, -0.15) is 0 Å². The summed E-state index contributed by atoms with van der Waals surface area (Å²) in [5, 5.41) is 9.44. The Hall–Kier alpha value is -0.820. The first-order valence-corrected chi connectivity index (χ1v) is 8.05. The molecule has 0 spiro atoms. The second-order valence-electron chi connectivity index (χ2n) is 5.56. The highest BCUT2D eigenvalue weighted by atomic mass is 16.3. The number of hydrogen-bond acceptors (Lipinski definition) is 1. The van der Waals surface area contributed by atoms with Crippen LogP contribution in [0.15, 0.2) is 30.3 Å². The Morgan fingerprint density at radius 2 is 1.42 bits per heavy atom. The van der Waals surface area contributed by atoms with E-state index in [1.54, 1.807) is 0 Å². The van der Waals surface area contributed by atoms with Crippen molar-refractivity contribution < 1.29 is 5.11 Å². The molecule has 0 saturated carbocycles. The van der Waals surface area contributed by atoms with Crippen LogP contribution in [0.5, 0.6) is 0 Å². The molecule has 1 rings (SSSR count). The Balaban J connectivity index is 1.84. The average Bonchev–Trinajstić information content (AvgIpc) is 2.46. The number of hydrogen-bond donors (Lipinski definition) is 1. The van der Waals surface area contributed by atoms with E-state index in [4.69, 9.17) is 0 Å². The molecule has 1 aromatic rings. The van der Waals surface area contributed by atoms with E-state index in [1.807, 2.05) is 0 Å². The standard InChI is InChI=1S/C18H30O/c1-2-18(19)16-12-7-5-3-4-6-9-13-17-14-10-8-11-15-17/h8,10-11,14-15,18-19H,2-7,9,12-13,16H2,1H3/t18-/m0/s1. The topological polar surface area (TPSA) is 20.2 Å². The summed E-state index contributed by atoms with van der Waals surface area (Å²) < 4.78 is 0. The maximum Gasteiger partial charge on any atom is 0.0537 e. The number of aliphatic hydroxyl groups excluding tert-OH is 1. The van der Waals surface area contributed by atoms with Gasteiger partial charge in [-0.3, -0.25) is 0 Å². The first-order valence-electron chi connectivity index (χ1n) is 8.05. The van der Waals surface area contributed by atoms with Gasteiger partial charge in [0.15, 0.2) is 0 Å². The van der Waals surface area contributed by atoms with Crippen molar-refractivity contribution in [3.05, 3.63) is 35.9 Å². The van der Waals surface area contributed by atoms with E-state index in [1.165, 1.54) is 56.9 Å². The minimum absolute atomic E-state index is 0.0640. The molecule has 108 valence electrons. The Kier molecular flexibility index (Phi) is 9.44. The quantitative estimate of drug-likeness (QED) is 0.549. The van der Waals surface area contributed by atoms with E-state index in [2.05, 4.69) is 37.3 Å². The monoisotopic (exact) mass is 262 g/mol. The van der Waals surface area contributed by atoms with Gasteiger partial charge >= 0.3 is 0 Å². The molecule has 0 aliphatic heterocycles. The van der Waals surface area contributed by atoms with E-state index in [9.17, 15) is 5.11 Å². The van der Waals surface area contributed by atoms with Crippen LogP contribution in [0.25, 0.3) is 0 Å². The molecule has 1 aromatic carbocycles. The van der Waals surface area contributed by atoms with Crippen molar-refractivity contribution in [2.45, 2.75) is 77.2 Å². The van der Waals surface area contributed by atoms with Gasteiger partial charge in [-0.25, -0.2) is 0 Å². The zero-order valence-corrected chi connectivity index (χ0v) is 12.5.